The van der Waals surface area contributed by atoms with Crippen LogP contribution in [0.1, 0.15) is 22.8 Å². The molecular weight excluding hydrogens is 198 g/mol. The van der Waals surface area contributed by atoms with E-state index >= 15 is 0 Å². The third-order valence-electron chi connectivity index (χ3n) is 2.75. The van der Waals surface area contributed by atoms with Gasteiger partial charge in [-0.25, -0.2) is 0 Å². The van der Waals surface area contributed by atoms with E-state index in [-0.39, 0.29) is 5.78 Å². The van der Waals surface area contributed by atoms with Crippen molar-refractivity contribution in [2.45, 2.75) is 13.5 Å². The SMILES string of the molecule is CNCc1cccc2ccc(C(C)=O)cc12. The molecule has 0 aliphatic rings. The van der Waals surface area contributed by atoms with Gasteiger partial charge in [0.25, 0.3) is 0 Å². The van der Waals surface area contributed by atoms with E-state index in [4.69, 9.17) is 0 Å². The maximum Gasteiger partial charge on any atom is 0.159 e. The quantitative estimate of drug-likeness (QED) is 0.794. The van der Waals surface area contributed by atoms with Crippen molar-refractivity contribution in [1.82, 2.24) is 5.32 Å². The number of carbonyl (C=O) groups excluding carboxylic acids is 1. The maximum atomic E-state index is 11.3. The van der Waals surface area contributed by atoms with Gasteiger partial charge < -0.3 is 5.32 Å². The first-order valence-corrected chi connectivity index (χ1v) is 5.39. The summed E-state index contributed by atoms with van der Waals surface area (Å²) < 4.78 is 0. The zero-order valence-corrected chi connectivity index (χ0v) is 9.58. The molecule has 0 atom stereocenters. The summed E-state index contributed by atoms with van der Waals surface area (Å²) in [6.45, 7) is 2.42. The van der Waals surface area contributed by atoms with Gasteiger partial charge in [-0.2, -0.15) is 0 Å². The van der Waals surface area contributed by atoms with E-state index in [1.807, 2.05) is 31.3 Å². The van der Waals surface area contributed by atoms with Crippen LogP contribution in [0.15, 0.2) is 36.4 Å². The van der Waals surface area contributed by atoms with Crippen LogP contribution in [-0.4, -0.2) is 12.8 Å². The molecule has 0 unspecified atom stereocenters. The van der Waals surface area contributed by atoms with Crippen LogP contribution in [-0.2, 0) is 6.54 Å². The molecule has 0 aliphatic heterocycles. The van der Waals surface area contributed by atoms with Crippen LogP contribution in [0, 0.1) is 0 Å². The van der Waals surface area contributed by atoms with E-state index in [1.165, 1.54) is 10.9 Å². The number of carbonyl (C=O) groups is 1. The second-order valence-corrected chi connectivity index (χ2v) is 3.94. The molecule has 2 aromatic carbocycles. The summed E-state index contributed by atoms with van der Waals surface area (Å²) in [5.41, 5.74) is 2.00. The van der Waals surface area contributed by atoms with Gasteiger partial charge in [-0.1, -0.05) is 30.3 Å². The first kappa shape index (κ1) is 10.8. The molecule has 1 N–H and O–H groups in total. The summed E-state index contributed by atoms with van der Waals surface area (Å²) in [6.07, 6.45) is 0. The molecule has 0 fully saturated rings. The minimum atomic E-state index is 0.112. The maximum absolute atomic E-state index is 11.3. The fourth-order valence-electron chi connectivity index (χ4n) is 1.90. The molecule has 0 amide bonds. The second-order valence-electron chi connectivity index (χ2n) is 3.94. The van der Waals surface area contributed by atoms with Gasteiger partial charge in [0, 0.05) is 12.1 Å². The molecule has 82 valence electrons. The smallest absolute Gasteiger partial charge is 0.159 e. The third kappa shape index (κ3) is 1.97. The fraction of sp³-hybridized carbons (Fsp3) is 0.214. The average Bonchev–Trinajstić information content (AvgIpc) is 2.29. The third-order valence-corrected chi connectivity index (χ3v) is 2.75. The Morgan fingerprint density at radius 2 is 2.06 bits per heavy atom. The summed E-state index contributed by atoms with van der Waals surface area (Å²) in [6, 6.07) is 12.1. The number of nitrogens with one attached hydrogen (secondary N) is 1. The van der Waals surface area contributed by atoms with Crippen molar-refractivity contribution < 1.29 is 4.79 Å². The Labute approximate surface area is 95.3 Å². The van der Waals surface area contributed by atoms with Crippen LogP contribution in [0.5, 0.6) is 0 Å². The van der Waals surface area contributed by atoms with E-state index in [0.29, 0.717) is 0 Å². The van der Waals surface area contributed by atoms with E-state index in [1.54, 1.807) is 6.92 Å². The highest BCUT2D eigenvalue weighted by Crippen LogP contribution is 2.20. The average molecular weight is 213 g/mol. The number of ketones is 1. The first-order chi connectivity index (χ1) is 7.72. The molecule has 0 saturated carbocycles. The van der Waals surface area contributed by atoms with Crippen LogP contribution >= 0.6 is 0 Å². The molecule has 0 heterocycles. The molecule has 2 nitrogen and oxygen atoms in total. The monoisotopic (exact) mass is 213 g/mol. The van der Waals surface area contributed by atoms with Gasteiger partial charge >= 0.3 is 0 Å². The number of Topliss-reactive ketones (excluding diaryl/α,β-unsaturated/α-hetero) is 1. The van der Waals surface area contributed by atoms with Gasteiger partial charge in [-0.05, 0) is 36.4 Å². The van der Waals surface area contributed by atoms with Crippen LogP contribution in [0.25, 0.3) is 10.8 Å². The highest BCUT2D eigenvalue weighted by Gasteiger charge is 2.04. The molecule has 2 heteroatoms. The Kier molecular flexibility index (Phi) is 3.02. The number of fused-ring (bicyclic) bond motifs is 1. The van der Waals surface area contributed by atoms with Gasteiger partial charge in [0.2, 0.25) is 0 Å². The molecule has 0 radical (unpaired) electrons. The Balaban J connectivity index is 2.63. The molecular formula is C14H15NO. The minimum absolute atomic E-state index is 0.112. The molecule has 0 aliphatic carbocycles. The summed E-state index contributed by atoms with van der Waals surface area (Å²) >= 11 is 0. The molecule has 16 heavy (non-hydrogen) atoms. The Morgan fingerprint density at radius 1 is 1.25 bits per heavy atom. The molecule has 2 rings (SSSR count). The lowest BCUT2D eigenvalue weighted by Crippen LogP contribution is -2.05. The zero-order chi connectivity index (χ0) is 11.5. The predicted octanol–water partition coefficient (Wildman–Crippen LogP) is 2.76. The van der Waals surface area contributed by atoms with Crippen LogP contribution in [0.3, 0.4) is 0 Å². The van der Waals surface area contributed by atoms with Gasteiger partial charge in [0.1, 0.15) is 0 Å². The van der Waals surface area contributed by atoms with Gasteiger partial charge in [0.05, 0.1) is 0 Å². The molecule has 0 bridgehead atoms. The van der Waals surface area contributed by atoms with Crippen molar-refractivity contribution in [3.8, 4) is 0 Å². The zero-order valence-electron chi connectivity index (χ0n) is 9.58. The summed E-state index contributed by atoms with van der Waals surface area (Å²) in [5.74, 6) is 0.112. The summed E-state index contributed by atoms with van der Waals surface area (Å²) in [4.78, 5) is 11.3. The lowest BCUT2D eigenvalue weighted by molar-refractivity contribution is 0.101. The lowest BCUT2D eigenvalue weighted by Gasteiger charge is -2.07. The van der Waals surface area contributed by atoms with Gasteiger partial charge in [0.15, 0.2) is 5.78 Å². The van der Waals surface area contributed by atoms with Crippen molar-refractivity contribution in [1.29, 1.82) is 0 Å². The Hall–Kier alpha value is -1.67. The number of benzene rings is 2. The summed E-state index contributed by atoms with van der Waals surface area (Å²) in [5, 5.41) is 5.48. The standard InChI is InChI=1S/C14H15NO/c1-10(16)12-7-6-11-4-3-5-13(9-15-2)14(11)8-12/h3-8,15H,9H2,1-2H3. The molecule has 0 saturated heterocycles. The van der Waals surface area contributed by atoms with Crippen molar-refractivity contribution >= 4 is 16.6 Å². The fourth-order valence-corrected chi connectivity index (χ4v) is 1.90. The number of hydrogen-bond donors (Lipinski definition) is 1. The highest BCUT2D eigenvalue weighted by molar-refractivity contribution is 5.99. The van der Waals surface area contributed by atoms with Crippen LogP contribution in [0.2, 0.25) is 0 Å². The van der Waals surface area contributed by atoms with Crippen molar-refractivity contribution in [2.75, 3.05) is 7.05 Å². The van der Waals surface area contributed by atoms with E-state index in [2.05, 4.69) is 17.4 Å². The van der Waals surface area contributed by atoms with E-state index in [0.717, 1.165) is 17.5 Å². The van der Waals surface area contributed by atoms with Crippen LogP contribution < -0.4 is 5.32 Å². The van der Waals surface area contributed by atoms with E-state index < -0.39 is 0 Å². The van der Waals surface area contributed by atoms with E-state index in [9.17, 15) is 4.79 Å². The Morgan fingerprint density at radius 3 is 2.75 bits per heavy atom. The van der Waals surface area contributed by atoms with Crippen molar-refractivity contribution in [3.63, 3.8) is 0 Å². The van der Waals surface area contributed by atoms with Gasteiger partial charge in [-0.3, -0.25) is 4.79 Å². The largest absolute Gasteiger partial charge is 0.316 e. The Bertz CT molecular complexity index is 531. The first-order valence-electron chi connectivity index (χ1n) is 5.39. The topological polar surface area (TPSA) is 29.1 Å². The highest BCUT2D eigenvalue weighted by atomic mass is 16.1. The van der Waals surface area contributed by atoms with Crippen LogP contribution in [0.4, 0.5) is 0 Å². The second kappa shape index (κ2) is 4.45. The van der Waals surface area contributed by atoms with Gasteiger partial charge in [-0.15, -0.1) is 0 Å². The lowest BCUT2D eigenvalue weighted by atomic mass is 10.0. The minimum Gasteiger partial charge on any atom is -0.316 e. The molecule has 2 aromatic rings. The number of hydrogen-bond acceptors (Lipinski definition) is 2. The number of rotatable bonds is 3. The molecule has 0 spiro atoms. The predicted molar refractivity (Wildman–Crippen MR) is 66.7 cm³/mol. The summed E-state index contributed by atoms with van der Waals surface area (Å²) in [7, 11) is 1.92. The van der Waals surface area contributed by atoms with Crippen molar-refractivity contribution in [3.05, 3.63) is 47.5 Å². The normalized spacial score (nSPS) is 10.6. The van der Waals surface area contributed by atoms with Crippen molar-refractivity contribution in [2.24, 2.45) is 0 Å². The molecule has 0 aromatic heterocycles.